The predicted octanol–water partition coefficient (Wildman–Crippen LogP) is 3.80. The molecule has 2 bridgehead atoms. The molecular weight excluding hydrogens is 528 g/mol. The van der Waals surface area contributed by atoms with Gasteiger partial charge in [-0.3, -0.25) is 14.6 Å². The highest BCUT2D eigenvalue weighted by atomic mass is 16.5. The van der Waals surface area contributed by atoms with Crippen molar-refractivity contribution >= 4 is 5.97 Å². The van der Waals surface area contributed by atoms with E-state index in [0.29, 0.717) is 23.7 Å². The van der Waals surface area contributed by atoms with Crippen molar-refractivity contribution < 1.29 is 38.0 Å². The number of benzene rings is 2. The van der Waals surface area contributed by atoms with Gasteiger partial charge in [0.1, 0.15) is 18.1 Å². The summed E-state index contributed by atoms with van der Waals surface area (Å²) in [5.74, 6) is 3.97. The molecule has 3 heterocycles. The third kappa shape index (κ3) is 4.25. The third-order valence-corrected chi connectivity index (χ3v) is 9.24. The minimum Gasteiger partial charge on any atom is -0.496 e. The Hall–Kier alpha value is -3.37. The van der Waals surface area contributed by atoms with E-state index in [1.54, 1.807) is 42.7 Å². The minimum atomic E-state index is -0.329. The van der Waals surface area contributed by atoms with Crippen LogP contribution in [0, 0.1) is 13.8 Å². The fourth-order valence-electron chi connectivity index (χ4n) is 7.65. The van der Waals surface area contributed by atoms with Crippen molar-refractivity contribution in [1.29, 1.82) is 0 Å². The first-order valence-electron chi connectivity index (χ1n) is 13.9. The van der Waals surface area contributed by atoms with E-state index in [2.05, 4.69) is 16.8 Å². The van der Waals surface area contributed by atoms with Crippen molar-refractivity contribution in [3.8, 4) is 34.5 Å². The van der Waals surface area contributed by atoms with Gasteiger partial charge in [0.15, 0.2) is 23.0 Å². The standard InChI is InChI=1S/C31H42N2O8/c1-15-26(35-5)19-11-18-13-33-21(25(32(18)4)24(19)31(40-10)29(15)38-8)12-20-23(22(33)14-41-17(3)34)30(39-9)28(37-7)16(2)27(20)36-6/h18,21-22,25H,11-14H2,1-10H3/t18-,21-,22-,25+/m0/s1. The normalized spacial score (nSPS) is 23.1. The Morgan fingerprint density at radius 2 is 1.22 bits per heavy atom. The first-order valence-corrected chi connectivity index (χ1v) is 13.9. The van der Waals surface area contributed by atoms with Gasteiger partial charge in [0.2, 0.25) is 0 Å². The molecule has 0 radical (unpaired) electrons. The van der Waals surface area contributed by atoms with Crippen LogP contribution in [0.25, 0.3) is 0 Å². The molecule has 10 heteroatoms. The average molecular weight is 571 g/mol. The Labute approximate surface area is 242 Å². The Morgan fingerprint density at radius 3 is 1.71 bits per heavy atom. The molecule has 0 aromatic heterocycles. The lowest BCUT2D eigenvalue weighted by Crippen LogP contribution is -2.64. The topological polar surface area (TPSA) is 88.2 Å². The molecule has 10 nitrogen and oxygen atoms in total. The summed E-state index contributed by atoms with van der Waals surface area (Å²) in [6, 6.07) is -0.133. The molecule has 224 valence electrons. The van der Waals surface area contributed by atoms with Crippen LogP contribution in [0.3, 0.4) is 0 Å². The van der Waals surface area contributed by atoms with Gasteiger partial charge >= 0.3 is 5.97 Å². The van der Waals surface area contributed by atoms with E-state index in [1.165, 1.54) is 6.92 Å². The van der Waals surface area contributed by atoms with E-state index in [-0.39, 0.29) is 36.7 Å². The van der Waals surface area contributed by atoms with Gasteiger partial charge in [-0.05, 0) is 33.7 Å². The number of ether oxygens (including phenoxy) is 7. The maximum atomic E-state index is 12.1. The summed E-state index contributed by atoms with van der Waals surface area (Å²) in [4.78, 5) is 17.0. The lowest BCUT2D eigenvalue weighted by molar-refractivity contribution is -0.145. The summed E-state index contributed by atoms with van der Waals surface area (Å²) in [6.45, 7) is 6.38. The molecule has 2 aromatic rings. The van der Waals surface area contributed by atoms with Crippen LogP contribution < -0.4 is 28.4 Å². The highest BCUT2D eigenvalue weighted by Crippen LogP contribution is 2.58. The second-order valence-electron chi connectivity index (χ2n) is 11.0. The van der Waals surface area contributed by atoms with Crippen molar-refractivity contribution in [2.24, 2.45) is 0 Å². The monoisotopic (exact) mass is 570 g/mol. The molecule has 3 aliphatic heterocycles. The molecule has 0 saturated carbocycles. The molecule has 41 heavy (non-hydrogen) atoms. The number of likely N-dealkylation sites (N-methyl/N-ethyl adjacent to an activating group) is 1. The van der Waals surface area contributed by atoms with Crippen LogP contribution >= 0.6 is 0 Å². The minimum absolute atomic E-state index is 0.000720. The zero-order chi connectivity index (χ0) is 29.7. The lowest BCUT2D eigenvalue weighted by Gasteiger charge is -2.58. The van der Waals surface area contributed by atoms with Gasteiger partial charge in [0.25, 0.3) is 0 Å². The third-order valence-electron chi connectivity index (χ3n) is 9.24. The molecular formula is C31H42N2O8. The van der Waals surface area contributed by atoms with Gasteiger partial charge in [-0.15, -0.1) is 0 Å². The van der Waals surface area contributed by atoms with Crippen LogP contribution in [0.15, 0.2) is 0 Å². The summed E-state index contributed by atoms with van der Waals surface area (Å²) in [6.07, 6.45) is 1.46. The van der Waals surface area contributed by atoms with Crippen LogP contribution in [0.4, 0.5) is 0 Å². The highest BCUT2D eigenvalue weighted by Gasteiger charge is 2.53. The summed E-state index contributed by atoms with van der Waals surface area (Å²) >= 11 is 0. The van der Waals surface area contributed by atoms with E-state index in [0.717, 1.165) is 63.6 Å². The summed E-state index contributed by atoms with van der Waals surface area (Å²) in [5.41, 5.74) is 6.01. The van der Waals surface area contributed by atoms with Crippen LogP contribution in [0.1, 0.15) is 52.4 Å². The Morgan fingerprint density at radius 1 is 0.732 bits per heavy atom. The Bertz CT molecular complexity index is 1360. The molecule has 0 N–H and O–H groups in total. The number of fused-ring (bicyclic) bond motifs is 7. The first-order chi connectivity index (χ1) is 19.7. The Balaban J connectivity index is 1.79. The second-order valence-corrected chi connectivity index (χ2v) is 11.0. The van der Waals surface area contributed by atoms with Crippen LogP contribution in [-0.4, -0.2) is 90.7 Å². The highest BCUT2D eigenvalue weighted by molar-refractivity contribution is 5.68. The molecule has 4 atom stereocenters. The molecule has 0 unspecified atom stereocenters. The SMILES string of the molecule is COc1c(C)c(OC)c(OC)c2c1C[C@H]1CN3[C@@H](COC(C)=O)c4c(c(OC)c(C)c(OC)c4OC)C[C@H]3[C@H]2N1C. The van der Waals surface area contributed by atoms with Crippen LogP contribution in [0.5, 0.6) is 34.5 Å². The van der Waals surface area contributed by atoms with Gasteiger partial charge in [-0.1, -0.05) is 0 Å². The van der Waals surface area contributed by atoms with Gasteiger partial charge in [-0.2, -0.15) is 0 Å². The average Bonchev–Trinajstić information content (AvgIpc) is 2.94. The van der Waals surface area contributed by atoms with E-state index < -0.39 is 0 Å². The number of piperazine rings is 1. The summed E-state index contributed by atoms with van der Waals surface area (Å²) < 4.78 is 41.6. The fraction of sp³-hybridized carbons (Fsp3) is 0.581. The van der Waals surface area contributed by atoms with E-state index in [1.807, 2.05) is 13.8 Å². The summed E-state index contributed by atoms with van der Waals surface area (Å²) in [5, 5.41) is 0. The van der Waals surface area contributed by atoms with Gasteiger partial charge < -0.3 is 33.2 Å². The van der Waals surface area contributed by atoms with E-state index in [9.17, 15) is 4.79 Å². The molecule has 0 spiro atoms. The predicted molar refractivity (Wildman–Crippen MR) is 153 cm³/mol. The quantitative estimate of drug-likeness (QED) is 0.437. The molecule has 0 amide bonds. The fourth-order valence-corrected chi connectivity index (χ4v) is 7.65. The van der Waals surface area contributed by atoms with Crippen molar-refractivity contribution in [2.45, 2.75) is 57.8 Å². The van der Waals surface area contributed by atoms with Gasteiger partial charge in [-0.25, -0.2) is 0 Å². The number of hydrogen-bond acceptors (Lipinski definition) is 10. The van der Waals surface area contributed by atoms with Crippen molar-refractivity contribution in [3.05, 3.63) is 33.4 Å². The van der Waals surface area contributed by atoms with Crippen molar-refractivity contribution in [3.63, 3.8) is 0 Å². The van der Waals surface area contributed by atoms with Crippen LogP contribution in [-0.2, 0) is 22.4 Å². The summed E-state index contributed by atoms with van der Waals surface area (Å²) in [7, 11) is 12.2. The number of rotatable bonds is 8. The maximum absolute atomic E-state index is 12.1. The molecule has 0 aliphatic carbocycles. The molecule has 5 rings (SSSR count). The molecule has 3 aliphatic rings. The number of carbonyl (C=O) groups is 1. The smallest absolute Gasteiger partial charge is 0.302 e. The van der Waals surface area contributed by atoms with Crippen LogP contribution in [0.2, 0.25) is 0 Å². The Kier molecular flexibility index (Phi) is 7.91. The lowest BCUT2D eigenvalue weighted by atomic mass is 9.73. The van der Waals surface area contributed by atoms with Crippen molar-refractivity contribution in [1.82, 2.24) is 9.80 Å². The van der Waals surface area contributed by atoms with Gasteiger partial charge in [0, 0.05) is 58.9 Å². The van der Waals surface area contributed by atoms with E-state index in [4.69, 9.17) is 33.2 Å². The second kappa shape index (κ2) is 11.1. The van der Waals surface area contributed by atoms with E-state index >= 15 is 0 Å². The molecule has 1 fully saturated rings. The van der Waals surface area contributed by atoms with Crippen molar-refractivity contribution in [2.75, 3.05) is 62.9 Å². The maximum Gasteiger partial charge on any atom is 0.302 e. The number of carbonyl (C=O) groups excluding carboxylic acids is 1. The number of hydrogen-bond donors (Lipinski definition) is 0. The number of esters is 1. The zero-order valence-electron chi connectivity index (χ0n) is 25.8. The molecule has 2 aromatic carbocycles. The molecule has 1 saturated heterocycles. The number of methoxy groups -OCH3 is 6. The zero-order valence-corrected chi connectivity index (χ0v) is 25.8. The number of nitrogens with zero attached hydrogens (tertiary/aromatic N) is 2. The first kappa shape index (κ1) is 29.1. The van der Waals surface area contributed by atoms with Gasteiger partial charge in [0.05, 0.1) is 54.7 Å². The largest absolute Gasteiger partial charge is 0.496 e.